The van der Waals surface area contributed by atoms with Gasteiger partial charge in [0.15, 0.2) is 11.0 Å². The second kappa shape index (κ2) is 9.73. The molecular formula is C23H19Cl2N5OS. The van der Waals surface area contributed by atoms with Crippen molar-refractivity contribution < 1.29 is 4.79 Å². The van der Waals surface area contributed by atoms with E-state index in [1.54, 1.807) is 24.5 Å². The van der Waals surface area contributed by atoms with Crippen molar-refractivity contribution in [2.45, 2.75) is 19.0 Å². The van der Waals surface area contributed by atoms with Crippen LogP contribution in [0.3, 0.4) is 0 Å². The van der Waals surface area contributed by atoms with Crippen LogP contribution < -0.4 is 5.32 Å². The Hall–Kier alpha value is -2.87. The lowest BCUT2D eigenvalue weighted by Crippen LogP contribution is -2.15. The Kier molecular flexibility index (Phi) is 6.79. The van der Waals surface area contributed by atoms with Crippen molar-refractivity contribution in [3.05, 3.63) is 82.1 Å². The number of amides is 1. The van der Waals surface area contributed by atoms with Crippen LogP contribution in [0, 0.1) is 13.8 Å². The summed E-state index contributed by atoms with van der Waals surface area (Å²) in [5.74, 6) is 0.629. The summed E-state index contributed by atoms with van der Waals surface area (Å²) in [6.45, 7) is 4.00. The van der Waals surface area contributed by atoms with E-state index in [4.69, 9.17) is 23.2 Å². The van der Waals surface area contributed by atoms with Crippen LogP contribution in [0.1, 0.15) is 11.1 Å². The number of aryl methyl sites for hydroxylation is 1. The predicted octanol–water partition coefficient (Wildman–Crippen LogP) is 5.98. The van der Waals surface area contributed by atoms with Gasteiger partial charge in [-0.25, -0.2) is 0 Å². The summed E-state index contributed by atoms with van der Waals surface area (Å²) in [7, 11) is 0. The number of rotatable bonds is 6. The number of anilines is 1. The minimum absolute atomic E-state index is 0.129. The minimum atomic E-state index is -0.129. The summed E-state index contributed by atoms with van der Waals surface area (Å²) in [6.07, 6.45) is 3.40. The molecule has 0 spiro atoms. The lowest BCUT2D eigenvalue weighted by Gasteiger charge is -2.12. The summed E-state index contributed by atoms with van der Waals surface area (Å²) >= 11 is 13.6. The number of nitrogens with one attached hydrogen (secondary N) is 1. The van der Waals surface area contributed by atoms with Gasteiger partial charge in [0.1, 0.15) is 0 Å². The van der Waals surface area contributed by atoms with Gasteiger partial charge in [-0.3, -0.25) is 14.3 Å². The minimum Gasteiger partial charge on any atom is -0.325 e. The smallest absolute Gasteiger partial charge is 0.234 e. The maximum Gasteiger partial charge on any atom is 0.234 e. The number of nitrogens with zero attached hydrogens (tertiary/aromatic N) is 4. The third kappa shape index (κ3) is 4.80. The molecule has 0 saturated carbocycles. The van der Waals surface area contributed by atoms with Crippen molar-refractivity contribution in [3.8, 4) is 17.1 Å². The molecule has 0 aliphatic rings. The van der Waals surface area contributed by atoms with E-state index in [-0.39, 0.29) is 11.7 Å². The normalized spacial score (nSPS) is 10.9. The molecular weight excluding hydrogens is 465 g/mol. The molecule has 162 valence electrons. The summed E-state index contributed by atoms with van der Waals surface area (Å²) in [4.78, 5) is 16.8. The highest BCUT2D eigenvalue weighted by Gasteiger charge is 2.18. The van der Waals surface area contributed by atoms with Crippen LogP contribution in [-0.2, 0) is 4.79 Å². The molecule has 6 nitrogen and oxygen atoms in total. The van der Waals surface area contributed by atoms with E-state index >= 15 is 0 Å². The lowest BCUT2D eigenvalue weighted by atomic mass is 10.1. The first kappa shape index (κ1) is 22.3. The summed E-state index contributed by atoms with van der Waals surface area (Å²) in [6, 6.07) is 14.8. The Morgan fingerprint density at radius 1 is 1.06 bits per heavy atom. The first-order chi connectivity index (χ1) is 15.4. The van der Waals surface area contributed by atoms with Gasteiger partial charge in [0, 0.05) is 23.6 Å². The molecule has 0 fully saturated rings. The molecule has 4 aromatic rings. The van der Waals surface area contributed by atoms with Crippen molar-refractivity contribution in [1.29, 1.82) is 0 Å². The van der Waals surface area contributed by atoms with E-state index < -0.39 is 0 Å². The van der Waals surface area contributed by atoms with Crippen LogP contribution in [-0.4, -0.2) is 31.4 Å². The van der Waals surface area contributed by atoms with Crippen molar-refractivity contribution >= 4 is 46.6 Å². The molecule has 0 radical (unpaired) electrons. The summed E-state index contributed by atoms with van der Waals surface area (Å²) < 4.78 is 1.84. The molecule has 1 amide bonds. The fraction of sp³-hybridized carbons (Fsp3) is 0.130. The highest BCUT2D eigenvalue weighted by molar-refractivity contribution is 7.99. The van der Waals surface area contributed by atoms with Crippen molar-refractivity contribution in [3.63, 3.8) is 0 Å². The van der Waals surface area contributed by atoms with Gasteiger partial charge >= 0.3 is 0 Å². The van der Waals surface area contributed by atoms with E-state index in [1.807, 2.05) is 54.8 Å². The zero-order valence-electron chi connectivity index (χ0n) is 17.3. The number of benzene rings is 2. The Labute approximate surface area is 200 Å². The van der Waals surface area contributed by atoms with Gasteiger partial charge in [0.2, 0.25) is 5.91 Å². The highest BCUT2D eigenvalue weighted by Crippen LogP contribution is 2.31. The predicted molar refractivity (Wildman–Crippen MR) is 130 cm³/mol. The van der Waals surface area contributed by atoms with E-state index in [0.29, 0.717) is 21.0 Å². The van der Waals surface area contributed by atoms with Crippen LogP contribution >= 0.6 is 35.0 Å². The zero-order valence-corrected chi connectivity index (χ0v) is 19.7. The first-order valence-corrected chi connectivity index (χ1v) is 11.5. The Morgan fingerprint density at radius 2 is 1.91 bits per heavy atom. The van der Waals surface area contributed by atoms with Crippen LogP contribution in [0.15, 0.2) is 66.1 Å². The third-order valence-electron chi connectivity index (χ3n) is 4.93. The van der Waals surface area contributed by atoms with Crippen molar-refractivity contribution in [2.75, 3.05) is 11.1 Å². The Bertz CT molecular complexity index is 1280. The van der Waals surface area contributed by atoms with E-state index in [0.717, 1.165) is 28.1 Å². The maximum atomic E-state index is 12.6. The van der Waals surface area contributed by atoms with Crippen molar-refractivity contribution in [2.24, 2.45) is 0 Å². The number of carbonyl (C=O) groups is 1. The molecule has 0 aliphatic carbocycles. The van der Waals surface area contributed by atoms with Crippen LogP contribution in [0.5, 0.6) is 0 Å². The van der Waals surface area contributed by atoms with Gasteiger partial charge < -0.3 is 5.32 Å². The van der Waals surface area contributed by atoms with E-state index in [2.05, 4.69) is 20.5 Å². The number of hydrogen-bond acceptors (Lipinski definition) is 5. The monoisotopic (exact) mass is 483 g/mol. The maximum absolute atomic E-state index is 12.6. The topological polar surface area (TPSA) is 72.7 Å². The van der Waals surface area contributed by atoms with Gasteiger partial charge in [-0.1, -0.05) is 47.1 Å². The molecule has 1 N–H and O–H groups in total. The Balaban J connectivity index is 1.62. The highest BCUT2D eigenvalue weighted by atomic mass is 35.5. The average Bonchev–Trinajstić information content (AvgIpc) is 3.22. The Morgan fingerprint density at radius 3 is 2.66 bits per heavy atom. The standard InChI is InChI=1S/C23H19Cl2N5OS/c1-14-5-3-7-20(15(14)2)27-21(31)13-32-23-29-28-22(16-6-4-10-26-12-16)30(23)17-8-9-18(24)19(25)11-17/h3-12H,13H2,1-2H3,(H,27,31). The molecule has 9 heteroatoms. The molecule has 0 aliphatic heterocycles. The second-order valence-electron chi connectivity index (χ2n) is 7.07. The zero-order chi connectivity index (χ0) is 22.7. The molecule has 32 heavy (non-hydrogen) atoms. The molecule has 0 saturated heterocycles. The summed E-state index contributed by atoms with van der Waals surface area (Å²) in [5, 5.41) is 13.1. The molecule has 0 bridgehead atoms. The van der Waals surface area contributed by atoms with Gasteiger partial charge in [-0.2, -0.15) is 0 Å². The number of aromatic nitrogens is 4. The number of carbonyl (C=O) groups excluding carboxylic acids is 1. The van der Waals surface area contributed by atoms with Crippen molar-refractivity contribution in [1.82, 2.24) is 19.7 Å². The largest absolute Gasteiger partial charge is 0.325 e. The molecule has 2 aromatic carbocycles. The molecule has 2 heterocycles. The quantitative estimate of drug-likeness (QED) is 0.341. The van der Waals surface area contributed by atoms with Gasteiger partial charge in [-0.15, -0.1) is 10.2 Å². The van der Waals surface area contributed by atoms with E-state index in [9.17, 15) is 4.79 Å². The molecule has 0 atom stereocenters. The van der Waals surface area contributed by atoms with Gasteiger partial charge in [0.25, 0.3) is 0 Å². The van der Waals surface area contributed by atoms with Gasteiger partial charge in [0.05, 0.1) is 21.5 Å². The van der Waals surface area contributed by atoms with Crippen LogP contribution in [0.25, 0.3) is 17.1 Å². The molecule has 0 unspecified atom stereocenters. The van der Waals surface area contributed by atoms with Crippen LogP contribution in [0.2, 0.25) is 10.0 Å². The number of thioether (sulfide) groups is 1. The fourth-order valence-electron chi connectivity index (χ4n) is 3.11. The fourth-order valence-corrected chi connectivity index (χ4v) is 4.15. The number of hydrogen-bond donors (Lipinski definition) is 1. The average molecular weight is 484 g/mol. The summed E-state index contributed by atoms with van der Waals surface area (Å²) in [5.41, 5.74) is 4.50. The SMILES string of the molecule is Cc1cccc(NC(=O)CSc2nnc(-c3cccnc3)n2-c2ccc(Cl)c(Cl)c2)c1C. The molecule has 2 aromatic heterocycles. The molecule has 4 rings (SSSR count). The lowest BCUT2D eigenvalue weighted by molar-refractivity contribution is -0.113. The van der Waals surface area contributed by atoms with Crippen LogP contribution in [0.4, 0.5) is 5.69 Å². The van der Waals surface area contributed by atoms with Gasteiger partial charge in [-0.05, 0) is 61.4 Å². The third-order valence-corrected chi connectivity index (χ3v) is 6.59. The first-order valence-electron chi connectivity index (χ1n) is 9.74. The second-order valence-corrected chi connectivity index (χ2v) is 8.82. The number of pyridine rings is 1. The number of halogens is 2. The van der Waals surface area contributed by atoms with E-state index in [1.165, 1.54) is 11.8 Å².